The third-order valence-corrected chi connectivity index (χ3v) is 5.48. The molecular weight excluding hydrogens is 410 g/mol. The Balaban J connectivity index is 1.73. The van der Waals surface area contributed by atoms with Crippen LogP contribution in [0.3, 0.4) is 0 Å². The van der Waals surface area contributed by atoms with Gasteiger partial charge in [0.1, 0.15) is 12.2 Å². The van der Waals surface area contributed by atoms with Crippen LogP contribution in [0.1, 0.15) is 20.7 Å². The maximum absolute atomic E-state index is 14.7. The normalized spacial score (nSPS) is 26.0. The molecule has 160 valence electrons. The first kappa shape index (κ1) is 21.2. The van der Waals surface area contributed by atoms with Crippen LogP contribution in [0.15, 0.2) is 72.8 Å². The van der Waals surface area contributed by atoms with E-state index in [0.717, 1.165) is 5.39 Å². The molecule has 31 heavy (non-hydrogen) atoms. The van der Waals surface area contributed by atoms with Gasteiger partial charge in [-0.25, -0.2) is 0 Å². The van der Waals surface area contributed by atoms with Crippen molar-refractivity contribution in [1.82, 2.24) is 0 Å². The molecule has 3 aromatic carbocycles. The summed E-state index contributed by atoms with van der Waals surface area (Å²) >= 11 is 0. The Morgan fingerprint density at radius 2 is 1.52 bits per heavy atom. The third kappa shape index (κ3) is 3.24. The fourth-order valence-corrected chi connectivity index (χ4v) is 3.74. The van der Waals surface area contributed by atoms with Crippen LogP contribution in [0.25, 0.3) is 10.8 Å². The quantitative estimate of drug-likeness (QED) is 0.539. The Morgan fingerprint density at radius 3 is 2.19 bits per heavy atom. The molecule has 6 nitrogen and oxygen atoms in total. The lowest BCUT2D eigenvalue weighted by atomic mass is 9.80. The van der Waals surface area contributed by atoms with Gasteiger partial charge in [-0.05, 0) is 16.8 Å². The monoisotopic (exact) mass is 428 g/mol. The topological polar surface area (TPSA) is 104 Å². The van der Waals surface area contributed by atoms with Crippen LogP contribution in [0.5, 0.6) is 0 Å². The van der Waals surface area contributed by atoms with Crippen molar-refractivity contribution < 1.29 is 38.4 Å². The minimum Gasteiger partial charge on any atom is -0.382 e. The molecule has 1 unspecified atom stereocenters. The zero-order valence-corrected chi connectivity index (χ0v) is 16.0. The molecule has 4 atom stereocenters. The number of alkyl halides is 2. The van der Waals surface area contributed by atoms with Crippen molar-refractivity contribution in [2.24, 2.45) is 0 Å². The van der Waals surface area contributed by atoms with Gasteiger partial charge in [0.25, 0.3) is 0 Å². The summed E-state index contributed by atoms with van der Waals surface area (Å²) in [5.41, 5.74) is -3.99. The summed E-state index contributed by atoms with van der Waals surface area (Å²) in [6, 6.07) is 18.2. The second-order valence-electron chi connectivity index (χ2n) is 7.36. The highest BCUT2D eigenvalue weighted by Gasteiger charge is 2.74. The lowest BCUT2D eigenvalue weighted by molar-refractivity contribution is -0.209. The summed E-state index contributed by atoms with van der Waals surface area (Å²) < 4.78 is 34.2. The summed E-state index contributed by atoms with van der Waals surface area (Å²) in [6.07, 6.45) is -7.64. The van der Waals surface area contributed by atoms with Crippen LogP contribution < -0.4 is 0 Å². The van der Waals surface area contributed by atoms with Gasteiger partial charge < -0.3 is 20.1 Å². The molecule has 1 aliphatic rings. The maximum Gasteiger partial charge on any atom is 0.335 e. The highest BCUT2D eigenvalue weighted by atomic mass is 19.3. The molecule has 0 bridgehead atoms. The molecule has 0 aliphatic carbocycles. The van der Waals surface area contributed by atoms with Crippen molar-refractivity contribution in [2.45, 2.75) is 30.0 Å². The van der Waals surface area contributed by atoms with Crippen molar-refractivity contribution in [1.29, 1.82) is 0 Å². The molecule has 0 amide bonds. The smallest absolute Gasteiger partial charge is 0.335 e. The number of ether oxygens (including phenoxy) is 1. The van der Waals surface area contributed by atoms with Crippen molar-refractivity contribution in [3.63, 3.8) is 0 Å². The van der Waals surface area contributed by atoms with Crippen molar-refractivity contribution in [2.75, 3.05) is 0 Å². The molecule has 0 aromatic heterocycles. The number of halogens is 2. The number of aliphatic hydroxyl groups excluding tert-OH is 2. The predicted molar refractivity (Wildman–Crippen MR) is 106 cm³/mol. The fourth-order valence-electron chi connectivity index (χ4n) is 3.74. The number of carbonyl (C=O) groups is 2. The lowest BCUT2D eigenvalue weighted by Gasteiger charge is -2.32. The zero-order chi connectivity index (χ0) is 22.4. The average Bonchev–Trinajstić information content (AvgIpc) is 2.98. The second kappa shape index (κ2) is 7.58. The van der Waals surface area contributed by atoms with Crippen LogP contribution in [0.2, 0.25) is 0 Å². The summed E-state index contributed by atoms with van der Waals surface area (Å²) in [6.45, 7) is 0. The number of benzene rings is 3. The maximum atomic E-state index is 14.7. The minimum absolute atomic E-state index is 0.0333. The van der Waals surface area contributed by atoms with E-state index < -0.39 is 41.6 Å². The summed E-state index contributed by atoms with van der Waals surface area (Å²) in [5, 5.41) is 32.6. The van der Waals surface area contributed by atoms with Gasteiger partial charge in [0.15, 0.2) is 5.78 Å². The van der Waals surface area contributed by atoms with Crippen LogP contribution >= 0.6 is 0 Å². The lowest BCUT2D eigenvalue weighted by Crippen LogP contribution is -2.62. The van der Waals surface area contributed by atoms with Crippen LogP contribution in [0.4, 0.5) is 8.78 Å². The van der Waals surface area contributed by atoms with Gasteiger partial charge in [-0.3, -0.25) is 9.59 Å². The number of ketones is 2. The van der Waals surface area contributed by atoms with Crippen molar-refractivity contribution >= 4 is 22.3 Å². The Kier molecular flexibility index (Phi) is 5.18. The number of hydrogen-bond acceptors (Lipinski definition) is 6. The average molecular weight is 428 g/mol. The molecule has 3 N–H and O–H groups in total. The largest absolute Gasteiger partial charge is 0.382 e. The van der Waals surface area contributed by atoms with Gasteiger partial charge in [0.05, 0.1) is 0 Å². The van der Waals surface area contributed by atoms with Gasteiger partial charge >= 0.3 is 5.92 Å². The van der Waals surface area contributed by atoms with E-state index in [1.165, 1.54) is 42.5 Å². The molecule has 4 rings (SSSR count). The predicted octanol–water partition coefficient (Wildman–Crippen LogP) is 2.35. The van der Waals surface area contributed by atoms with Gasteiger partial charge in [-0.2, -0.15) is 8.78 Å². The first-order valence-corrected chi connectivity index (χ1v) is 9.42. The fraction of sp³-hybridized carbons (Fsp3) is 0.217. The summed E-state index contributed by atoms with van der Waals surface area (Å²) in [7, 11) is 0. The molecule has 3 aromatic rings. The molecular formula is C23H18F2O6. The number of fused-ring (bicyclic) bond motifs is 1. The van der Waals surface area contributed by atoms with Crippen LogP contribution in [-0.4, -0.2) is 56.9 Å². The van der Waals surface area contributed by atoms with Crippen molar-refractivity contribution in [3.05, 3.63) is 83.9 Å². The summed E-state index contributed by atoms with van der Waals surface area (Å²) in [4.78, 5) is 25.7. The first-order valence-electron chi connectivity index (χ1n) is 9.42. The van der Waals surface area contributed by atoms with Gasteiger partial charge in [0.2, 0.25) is 17.7 Å². The van der Waals surface area contributed by atoms with E-state index in [1.807, 2.05) is 0 Å². The standard InChI is InChI=1S/C23H18F2O6/c24-23(25)21(29)31-20(22(23,30)19(28)14-7-2-1-3-8-14)18(27)17(26)16-11-10-13-6-4-5-9-15(13)12-16/h1-12,18,20-21,27,29-30H/t18?,20-,21+,22-/m1/s1. The number of carbonyl (C=O) groups excluding carboxylic acids is 2. The molecule has 1 saturated heterocycles. The highest BCUT2D eigenvalue weighted by Crippen LogP contribution is 2.46. The van der Waals surface area contributed by atoms with E-state index in [4.69, 9.17) is 4.74 Å². The van der Waals surface area contributed by atoms with E-state index >= 15 is 0 Å². The number of Topliss-reactive ketones (excluding diaryl/α,β-unsaturated/α-hetero) is 2. The molecule has 8 heteroatoms. The third-order valence-electron chi connectivity index (χ3n) is 5.48. The minimum atomic E-state index is -4.48. The number of aliphatic hydroxyl groups is 3. The van der Waals surface area contributed by atoms with Crippen LogP contribution in [0, 0.1) is 0 Å². The van der Waals surface area contributed by atoms with Gasteiger partial charge in [-0.15, -0.1) is 0 Å². The van der Waals surface area contributed by atoms with Gasteiger partial charge in [0, 0.05) is 11.1 Å². The second-order valence-corrected chi connectivity index (χ2v) is 7.36. The van der Waals surface area contributed by atoms with E-state index in [9.17, 15) is 33.7 Å². The Labute approximate surface area is 175 Å². The summed E-state index contributed by atoms with van der Waals surface area (Å²) in [5.74, 6) is -7.00. The van der Waals surface area contributed by atoms with E-state index in [1.54, 1.807) is 30.3 Å². The van der Waals surface area contributed by atoms with Crippen LogP contribution in [-0.2, 0) is 4.74 Å². The molecule has 1 fully saturated rings. The van der Waals surface area contributed by atoms with E-state index in [-0.39, 0.29) is 11.1 Å². The Morgan fingerprint density at radius 1 is 0.903 bits per heavy atom. The van der Waals surface area contributed by atoms with Gasteiger partial charge in [-0.1, -0.05) is 66.7 Å². The molecule has 0 saturated carbocycles. The van der Waals surface area contributed by atoms with E-state index in [2.05, 4.69) is 0 Å². The Bertz CT molecular complexity index is 1150. The van der Waals surface area contributed by atoms with Crippen molar-refractivity contribution in [3.8, 4) is 0 Å². The molecule has 0 spiro atoms. The number of hydrogen-bond donors (Lipinski definition) is 3. The SMILES string of the molecule is O=C(c1ccc2ccccc2c1)C(O)[C@H]1O[C@H](O)C(F)(F)[C@@]1(O)C(=O)c1ccccc1. The first-order chi connectivity index (χ1) is 14.7. The highest BCUT2D eigenvalue weighted by molar-refractivity contribution is 6.07. The molecule has 1 heterocycles. The molecule has 1 aliphatic heterocycles. The number of rotatable bonds is 5. The molecule has 0 radical (unpaired) electrons. The van der Waals surface area contributed by atoms with E-state index in [0.29, 0.717) is 5.39 Å². The Hall–Kier alpha value is -3.04. The zero-order valence-electron chi connectivity index (χ0n) is 16.0.